The Balaban J connectivity index is 0.000000217. The van der Waals surface area contributed by atoms with E-state index in [1.165, 1.54) is 5.39 Å². The first-order chi connectivity index (χ1) is 10.3. The molecular weight excluding hydrogens is 282 g/mol. The Bertz CT molecular complexity index is 621. The highest BCUT2D eigenvalue weighted by molar-refractivity contribution is 5.80. The first-order valence-corrected chi connectivity index (χ1v) is 7.31. The molecule has 3 rings (SSSR count). The summed E-state index contributed by atoms with van der Waals surface area (Å²) in [7, 11) is 0. The molecule has 0 saturated carbocycles. The van der Waals surface area contributed by atoms with Crippen LogP contribution < -0.4 is 0 Å². The molecule has 0 atom stereocenters. The molecule has 0 aliphatic carbocycles. The molecule has 2 heterocycles. The van der Waals surface area contributed by atoms with Gasteiger partial charge in [-0.1, -0.05) is 6.07 Å². The molecule has 1 fully saturated rings. The van der Waals surface area contributed by atoms with Crippen LogP contribution in [0.1, 0.15) is 33.3 Å². The summed E-state index contributed by atoms with van der Waals surface area (Å²) in [6, 6.07) is 8.26. The van der Waals surface area contributed by atoms with E-state index in [0.29, 0.717) is 19.7 Å². The summed E-state index contributed by atoms with van der Waals surface area (Å²) in [5.41, 5.74) is 1.90. The summed E-state index contributed by atoms with van der Waals surface area (Å²) in [5.74, 6) is -0.564. The number of aromatic nitrogens is 1. The Labute approximate surface area is 130 Å². The number of H-pyrrole nitrogens is 1. The van der Waals surface area contributed by atoms with E-state index in [2.05, 4.69) is 27.9 Å². The maximum Gasteiger partial charge on any atom is 0.293 e. The van der Waals surface area contributed by atoms with E-state index >= 15 is 0 Å². The second-order valence-electron chi connectivity index (χ2n) is 6.25. The van der Waals surface area contributed by atoms with Crippen LogP contribution in [0, 0.1) is 0 Å². The van der Waals surface area contributed by atoms with Gasteiger partial charge in [0.2, 0.25) is 0 Å². The number of fused-ring (bicyclic) bond motifs is 1. The van der Waals surface area contributed by atoms with E-state index in [1.807, 2.05) is 40.0 Å². The number of rotatable bonds is 2. The van der Waals surface area contributed by atoms with Gasteiger partial charge in [-0.3, -0.25) is 4.79 Å². The zero-order valence-corrected chi connectivity index (χ0v) is 13.5. The summed E-state index contributed by atoms with van der Waals surface area (Å²) in [4.78, 5) is 12.8. The lowest BCUT2D eigenvalue weighted by Gasteiger charge is -2.22. The van der Waals surface area contributed by atoms with Gasteiger partial charge in [-0.05, 0) is 51.3 Å². The van der Waals surface area contributed by atoms with Crippen molar-refractivity contribution < 1.29 is 19.0 Å². The van der Waals surface area contributed by atoms with Crippen molar-refractivity contribution >= 4 is 17.4 Å². The van der Waals surface area contributed by atoms with Crippen LogP contribution in [0.15, 0.2) is 30.5 Å². The fourth-order valence-corrected chi connectivity index (χ4v) is 2.16. The van der Waals surface area contributed by atoms with Crippen molar-refractivity contribution in [2.24, 2.45) is 0 Å². The SMILES string of the molecule is CC(C)(C)OC=O.CC1(c2ccc3[nH]ccc3c2)OCCO1. The van der Waals surface area contributed by atoms with Crippen LogP contribution in [0.2, 0.25) is 0 Å². The van der Waals surface area contributed by atoms with E-state index in [9.17, 15) is 4.79 Å². The lowest BCUT2D eigenvalue weighted by atomic mass is 10.1. The van der Waals surface area contributed by atoms with Crippen molar-refractivity contribution in [3.63, 3.8) is 0 Å². The van der Waals surface area contributed by atoms with Crippen LogP contribution in [-0.2, 0) is 24.8 Å². The number of benzene rings is 1. The van der Waals surface area contributed by atoms with Gasteiger partial charge in [-0.2, -0.15) is 0 Å². The Morgan fingerprint density at radius 3 is 2.45 bits per heavy atom. The fraction of sp³-hybridized carbons (Fsp3) is 0.471. The molecule has 0 amide bonds. The van der Waals surface area contributed by atoms with Gasteiger partial charge in [0, 0.05) is 17.3 Å². The second kappa shape index (κ2) is 6.50. The third kappa shape index (κ3) is 4.08. The van der Waals surface area contributed by atoms with Gasteiger partial charge in [-0.25, -0.2) is 0 Å². The quantitative estimate of drug-likeness (QED) is 0.864. The molecule has 0 spiro atoms. The Morgan fingerprint density at radius 2 is 1.91 bits per heavy atom. The van der Waals surface area contributed by atoms with Gasteiger partial charge in [0.25, 0.3) is 6.47 Å². The van der Waals surface area contributed by atoms with Crippen LogP contribution in [0.4, 0.5) is 0 Å². The van der Waals surface area contributed by atoms with Gasteiger partial charge in [0.15, 0.2) is 5.79 Å². The van der Waals surface area contributed by atoms with Crippen LogP contribution in [-0.4, -0.2) is 30.3 Å². The highest BCUT2D eigenvalue weighted by atomic mass is 16.7. The standard InChI is InChI=1S/C12H13NO2.C5H10O2/c1-12(14-6-7-15-12)10-2-3-11-9(8-10)4-5-13-11;1-5(2,3)7-4-6/h2-5,8,13H,6-7H2,1H3;4H,1-3H3. The van der Waals surface area contributed by atoms with Crippen molar-refractivity contribution in [2.75, 3.05) is 13.2 Å². The monoisotopic (exact) mass is 305 g/mol. The van der Waals surface area contributed by atoms with Crippen LogP contribution >= 0.6 is 0 Å². The molecule has 1 aromatic carbocycles. The Morgan fingerprint density at radius 1 is 1.23 bits per heavy atom. The first kappa shape index (κ1) is 16.5. The largest absolute Gasteiger partial charge is 0.462 e. The minimum Gasteiger partial charge on any atom is -0.462 e. The summed E-state index contributed by atoms with van der Waals surface area (Å²) < 4.78 is 15.8. The van der Waals surface area contributed by atoms with Crippen LogP contribution in [0.25, 0.3) is 10.9 Å². The van der Waals surface area contributed by atoms with Gasteiger partial charge < -0.3 is 19.2 Å². The maximum atomic E-state index is 9.60. The minimum atomic E-state index is -0.564. The summed E-state index contributed by atoms with van der Waals surface area (Å²) in [5, 5.41) is 1.19. The molecule has 5 nitrogen and oxygen atoms in total. The first-order valence-electron chi connectivity index (χ1n) is 7.31. The number of ether oxygens (including phenoxy) is 3. The van der Waals surface area contributed by atoms with Gasteiger partial charge >= 0.3 is 0 Å². The van der Waals surface area contributed by atoms with Crippen molar-refractivity contribution in [1.29, 1.82) is 0 Å². The van der Waals surface area contributed by atoms with Crippen LogP contribution in [0.3, 0.4) is 0 Å². The molecule has 1 aliphatic rings. The molecule has 0 unspecified atom stereocenters. The molecule has 22 heavy (non-hydrogen) atoms. The number of carbonyl (C=O) groups is 1. The Hall–Kier alpha value is -1.85. The predicted octanol–water partition coefficient (Wildman–Crippen LogP) is 3.35. The highest BCUT2D eigenvalue weighted by Crippen LogP contribution is 2.32. The average Bonchev–Trinajstić information content (AvgIpc) is 3.06. The topological polar surface area (TPSA) is 60.6 Å². The summed E-state index contributed by atoms with van der Waals surface area (Å²) in [6.45, 7) is 9.22. The zero-order chi connectivity index (χ0) is 16.2. The van der Waals surface area contributed by atoms with Gasteiger partial charge in [-0.15, -0.1) is 0 Å². The van der Waals surface area contributed by atoms with E-state index in [1.54, 1.807) is 0 Å². The van der Waals surface area contributed by atoms with E-state index in [-0.39, 0.29) is 5.60 Å². The molecule has 0 radical (unpaired) electrons. The predicted molar refractivity (Wildman–Crippen MR) is 84.5 cm³/mol. The third-order valence-corrected chi connectivity index (χ3v) is 3.32. The number of hydrogen-bond acceptors (Lipinski definition) is 4. The third-order valence-electron chi connectivity index (χ3n) is 3.32. The molecule has 1 aliphatic heterocycles. The highest BCUT2D eigenvalue weighted by Gasteiger charge is 2.33. The Kier molecular flexibility index (Phi) is 4.88. The van der Waals surface area contributed by atoms with Crippen LogP contribution in [0.5, 0.6) is 0 Å². The van der Waals surface area contributed by atoms with Crippen molar-refractivity contribution in [3.05, 3.63) is 36.0 Å². The van der Waals surface area contributed by atoms with Gasteiger partial charge in [0.1, 0.15) is 5.60 Å². The van der Waals surface area contributed by atoms with Crippen molar-refractivity contribution in [2.45, 2.75) is 39.1 Å². The van der Waals surface area contributed by atoms with E-state index in [0.717, 1.165) is 11.1 Å². The molecule has 1 saturated heterocycles. The maximum absolute atomic E-state index is 9.60. The molecule has 2 aromatic rings. The average molecular weight is 305 g/mol. The molecule has 1 N–H and O–H groups in total. The molecule has 0 bridgehead atoms. The molecular formula is C17H23NO4. The summed E-state index contributed by atoms with van der Waals surface area (Å²) >= 11 is 0. The number of hydrogen-bond donors (Lipinski definition) is 1. The molecule has 120 valence electrons. The van der Waals surface area contributed by atoms with E-state index in [4.69, 9.17) is 9.47 Å². The molecule has 5 heteroatoms. The number of carbonyl (C=O) groups excluding carboxylic acids is 1. The molecule has 1 aromatic heterocycles. The lowest BCUT2D eigenvalue weighted by Crippen LogP contribution is -2.22. The number of nitrogens with one attached hydrogen (secondary N) is 1. The fourth-order valence-electron chi connectivity index (χ4n) is 2.16. The normalized spacial score (nSPS) is 16.9. The lowest BCUT2D eigenvalue weighted by molar-refractivity contribution is -0.149. The second-order valence-corrected chi connectivity index (χ2v) is 6.25. The number of aromatic amines is 1. The van der Waals surface area contributed by atoms with Crippen molar-refractivity contribution in [1.82, 2.24) is 4.98 Å². The van der Waals surface area contributed by atoms with Gasteiger partial charge in [0.05, 0.1) is 13.2 Å². The zero-order valence-electron chi connectivity index (χ0n) is 13.5. The summed E-state index contributed by atoms with van der Waals surface area (Å²) in [6.07, 6.45) is 1.94. The van der Waals surface area contributed by atoms with Crippen molar-refractivity contribution in [3.8, 4) is 0 Å². The minimum absolute atomic E-state index is 0.318. The smallest absolute Gasteiger partial charge is 0.293 e. The van der Waals surface area contributed by atoms with E-state index < -0.39 is 5.79 Å².